The highest BCUT2D eigenvalue weighted by Gasteiger charge is 2.31. The van der Waals surface area contributed by atoms with Gasteiger partial charge in [-0.25, -0.2) is 14.5 Å². The largest absolute Gasteiger partial charge is 0.461 e. The predicted octanol–water partition coefficient (Wildman–Crippen LogP) is 18.5. The molecule has 0 bridgehead atoms. The van der Waals surface area contributed by atoms with E-state index in [9.17, 15) is 33.6 Å². The van der Waals surface area contributed by atoms with E-state index in [0.717, 1.165) is 180 Å². The average molecular weight is 1740 g/mol. The summed E-state index contributed by atoms with van der Waals surface area (Å²) in [5, 5.41) is 10.6. The number of nitrogens with zero attached hydrogens (tertiary/aromatic N) is 16. The van der Waals surface area contributed by atoms with Crippen LogP contribution in [0.5, 0.6) is 0 Å². The molecule has 4 fully saturated rings. The predicted molar refractivity (Wildman–Crippen MR) is 503 cm³/mol. The highest BCUT2D eigenvalue weighted by molar-refractivity contribution is 6.30. The number of carbonyl (C=O) groups excluding carboxylic acids is 7. The number of rotatable bonds is 26. The second-order valence-corrected chi connectivity index (χ2v) is 34.4. The van der Waals surface area contributed by atoms with Gasteiger partial charge < -0.3 is 37.9 Å². The van der Waals surface area contributed by atoms with E-state index >= 15 is 0 Å². The molecule has 26 heteroatoms. The zero-order valence-electron chi connectivity index (χ0n) is 74.6. The third-order valence-electron chi connectivity index (χ3n) is 24.6. The number of aliphatic hydroxyl groups excluding tert-OH is 1. The molecule has 2 amide bonds. The van der Waals surface area contributed by atoms with Gasteiger partial charge in [-0.1, -0.05) is 85.8 Å². The minimum Gasteiger partial charge on any atom is -0.461 e. The molecule has 0 spiro atoms. The number of carbonyl (C=O) groups is 7. The smallest absolute Gasteiger partial charge is 0.302 e. The number of ether oxygens (including phenoxy) is 1. The number of hydrogen-bond donors (Lipinski definition) is 1. The van der Waals surface area contributed by atoms with E-state index in [1.807, 2.05) is 165 Å². The number of Topliss-reactive ketones (excluding diaryl/α,β-unsaturated/α-hetero) is 4. The van der Waals surface area contributed by atoms with Crippen LogP contribution in [0.15, 0.2) is 164 Å². The number of esters is 1. The molecule has 12 aromatic rings. The van der Waals surface area contributed by atoms with Crippen LogP contribution in [0.2, 0.25) is 5.02 Å². The topological polar surface area (TPSA) is 240 Å². The molecule has 1 N–H and O–H groups in total. The zero-order chi connectivity index (χ0) is 90.7. The molecule has 4 aliphatic heterocycles. The van der Waals surface area contributed by atoms with Gasteiger partial charge in [-0.15, -0.1) is 0 Å². The second kappa shape index (κ2) is 43.7. The number of aromatic nitrogens is 7. The fourth-order valence-corrected chi connectivity index (χ4v) is 17.7. The Balaban J connectivity index is 0.000000147. The van der Waals surface area contributed by atoms with Gasteiger partial charge in [0.15, 0.2) is 40.2 Å². The van der Waals surface area contributed by atoms with Crippen molar-refractivity contribution in [2.75, 3.05) is 106 Å². The summed E-state index contributed by atoms with van der Waals surface area (Å²) in [5.41, 5.74) is 18.4. The fraction of sp³-hybridized carbons (Fsp3) is 0.382. The first-order valence-corrected chi connectivity index (χ1v) is 44.9. The summed E-state index contributed by atoms with van der Waals surface area (Å²) < 4.78 is 13.3. The van der Waals surface area contributed by atoms with E-state index in [2.05, 4.69) is 43.7 Å². The van der Waals surface area contributed by atoms with Gasteiger partial charge in [0.25, 0.3) is 0 Å². The molecule has 0 aliphatic carbocycles. The number of likely N-dealkylation sites (tertiary alicyclic amines) is 4. The normalized spacial score (nSPS) is 14.5. The van der Waals surface area contributed by atoms with Gasteiger partial charge in [-0.3, -0.25) is 68.1 Å². The number of pyridine rings is 3. The quantitative estimate of drug-likeness (QED) is 0.0301. The summed E-state index contributed by atoms with van der Waals surface area (Å²) in [4.78, 5) is 127. The van der Waals surface area contributed by atoms with Gasteiger partial charge in [-0.2, -0.15) is 0 Å². The molecule has 25 nitrogen and oxygen atoms in total. The number of halogens is 1. The lowest BCUT2D eigenvalue weighted by atomic mass is 10.1. The summed E-state index contributed by atoms with van der Waals surface area (Å²) in [6.07, 6.45) is 22.1. The Morgan fingerprint density at radius 3 is 1.25 bits per heavy atom. The molecule has 7 aromatic heterocycles. The van der Waals surface area contributed by atoms with Crippen LogP contribution in [-0.2, 0) is 38.6 Å². The Bertz CT molecular complexity index is 6140. The fourth-order valence-electron chi connectivity index (χ4n) is 17.6. The molecule has 0 saturated carbocycles. The Morgan fingerprint density at radius 1 is 0.469 bits per heavy atom. The van der Waals surface area contributed by atoms with Crippen LogP contribution in [-0.4, -0.2) is 220 Å². The molecule has 0 atom stereocenters. The van der Waals surface area contributed by atoms with Crippen molar-refractivity contribution in [2.45, 2.75) is 151 Å². The molecule has 0 radical (unpaired) electrons. The third-order valence-corrected chi connectivity index (χ3v) is 24.9. The molecule has 4 aliphatic rings. The number of piperidine rings is 4. The van der Waals surface area contributed by atoms with Crippen LogP contribution in [0.3, 0.4) is 0 Å². The third kappa shape index (κ3) is 22.5. The van der Waals surface area contributed by atoms with Crippen molar-refractivity contribution in [1.82, 2.24) is 62.6 Å². The minimum atomic E-state index is -0.319. The highest BCUT2D eigenvalue weighted by Crippen LogP contribution is 2.36. The van der Waals surface area contributed by atoms with E-state index in [-0.39, 0.29) is 73.0 Å². The summed E-state index contributed by atoms with van der Waals surface area (Å²) in [7, 11) is 3.54. The van der Waals surface area contributed by atoms with Crippen LogP contribution in [0.25, 0.3) is 81.3 Å². The van der Waals surface area contributed by atoms with Gasteiger partial charge in [0.1, 0.15) is 6.61 Å². The Labute approximate surface area is 753 Å². The molecular weight excluding hydrogens is 1630 g/mol. The van der Waals surface area contributed by atoms with Gasteiger partial charge >= 0.3 is 5.97 Å². The molecule has 0 unspecified atom stereocenters. The summed E-state index contributed by atoms with van der Waals surface area (Å²) in [6.45, 7) is 43.0. The molecule has 16 rings (SSSR count). The standard InChI is InChI=1S/C28H33N5O3.C28H33N5O2.C24H25ClN2O3.C22H22N4O/c1-20-27(25(35)19-32-13-5-4-6-14-32)28-24(33(20)23-10-8-22(29-2)9-11-23)16-21(18-30-28)17-26(36)31(3)12-7-15-34;1-19(2)31(5)26(35)16-21-15-24-28(30-17-21)27(25(34)18-32-13-7-6-8-14-32)20(3)33(24)23-11-9-22(29-4)10-12-23;1-17(28)30-16-18-5-10-21-22(24(29)15-26-11-3-2-4-12-26)14-27(23(21)13-18)20-8-6-19(25)7-9-20;1-16-21(20(27)15-25-13-4-3-5-14-25)22-19(7-6-12-24-22)26(16)18-10-8-17(23-2)9-11-18/h8-11,16,18,34H,4-7,12-15,17,19H2,1,3H3;9-12,15,17,19H,6-8,13-14,16,18H2,1-3,5H3;5-10,13-14H,2-4,11-12,15-16H2,1H3;6-12H,3-5,13-15H2,1H3. The Hall–Kier alpha value is -12.6. The zero-order valence-corrected chi connectivity index (χ0v) is 75.4. The molecule has 128 heavy (non-hydrogen) atoms. The Morgan fingerprint density at radius 2 is 0.852 bits per heavy atom. The lowest BCUT2D eigenvalue weighted by molar-refractivity contribution is -0.142. The molecular formula is C102H113ClN16O9. The van der Waals surface area contributed by atoms with Gasteiger partial charge in [0, 0.05) is 121 Å². The maximum absolute atomic E-state index is 13.5. The van der Waals surface area contributed by atoms with E-state index in [1.165, 1.54) is 45.4 Å². The maximum Gasteiger partial charge on any atom is 0.302 e. The van der Waals surface area contributed by atoms with Crippen molar-refractivity contribution in [3.63, 3.8) is 0 Å². The molecule has 4 saturated heterocycles. The second-order valence-electron chi connectivity index (χ2n) is 34.0. The van der Waals surface area contributed by atoms with Crippen molar-refractivity contribution in [1.29, 1.82) is 0 Å². The first-order valence-electron chi connectivity index (χ1n) is 44.5. The number of fused-ring (bicyclic) bond motifs is 4. The van der Waals surface area contributed by atoms with E-state index in [1.54, 1.807) is 71.8 Å². The summed E-state index contributed by atoms with van der Waals surface area (Å²) >= 11 is 6.06. The maximum atomic E-state index is 13.5. The molecule has 11 heterocycles. The first-order chi connectivity index (χ1) is 61.9. The molecule has 662 valence electrons. The molecule has 5 aromatic carbocycles. The van der Waals surface area contributed by atoms with Crippen LogP contribution in [0.4, 0.5) is 17.1 Å². The number of hydrogen-bond acceptors (Lipinski definition) is 16. The van der Waals surface area contributed by atoms with Gasteiger partial charge in [0.05, 0.1) is 114 Å². The van der Waals surface area contributed by atoms with Crippen LogP contribution in [0.1, 0.15) is 179 Å². The number of ketones is 4. The van der Waals surface area contributed by atoms with Crippen molar-refractivity contribution in [2.24, 2.45) is 0 Å². The summed E-state index contributed by atoms with van der Waals surface area (Å²) in [6, 6.07) is 43.4. The van der Waals surface area contributed by atoms with Crippen molar-refractivity contribution in [3.8, 4) is 22.7 Å². The average Bonchev–Trinajstić information content (AvgIpc) is 1.54. The number of aliphatic hydroxyl groups is 1. The van der Waals surface area contributed by atoms with Gasteiger partial charge in [-0.05, 0) is 252 Å². The van der Waals surface area contributed by atoms with Crippen molar-refractivity contribution in [3.05, 3.63) is 260 Å². The number of benzene rings is 5. The highest BCUT2D eigenvalue weighted by atomic mass is 35.5. The van der Waals surface area contributed by atoms with Crippen LogP contribution < -0.4 is 0 Å². The van der Waals surface area contributed by atoms with Gasteiger partial charge in [0.2, 0.25) is 11.8 Å². The van der Waals surface area contributed by atoms with Crippen LogP contribution >= 0.6 is 11.6 Å². The Kier molecular flexibility index (Phi) is 31.8. The summed E-state index contributed by atoms with van der Waals surface area (Å²) in [5.74, 6) is 0.0383. The van der Waals surface area contributed by atoms with E-state index < -0.39 is 0 Å². The van der Waals surface area contributed by atoms with Crippen molar-refractivity contribution >= 4 is 114 Å². The number of likely N-dealkylation sites (N-methyl/N-ethyl adjacent to an activating group) is 2. The SMILES string of the molecule is CC(=O)OCc1ccc2c(C(=O)CN3CCCCC3)cn(-c3ccc(Cl)cc3)c2c1.[C-]#[N+]c1ccc(-n2c(C)c(C(=O)CN3CCCCC3)c3ncc(CC(=O)N(C)C(C)C)cc32)cc1.[C-]#[N+]c1ccc(-n2c(C)c(C(=O)CN3CCCCC3)c3ncc(CC(=O)N(C)CCCO)cc32)cc1.[C-]#[N+]c1ccc(-n2c(C)c(C(=O)CN3CCCCC3)c3ncccc32)cc1. The number of amides is 2. The van der Waals surface area contributed by atoms with E-state index in [4.69, 9.17) is 51.1 Å². The lowest BCUT2D eigenvalue weighted by Gasteiger charge is -2.25. The van der Waals surface area contributed by atoms with Crippen LogP contribution in [0, 0.1) is 40.5 Å². The minimum absolute atomic E-state index is 0.0267. The van der Waals surface area contributed by atoms with Crippen molar-refractivity contribution < 1.29 is 43.4 Å². The first kappa shape index (κ1) is 93.0. The van der Waals surface area contributed by atoms with E-state index in [0.29, 0.717) is 94.5 Å². The lowest BCUT2D eigenvalue weighted by Crippen LogP contribution is -2.34. The monoisotopic (exact) mass is 1740 g/mol.